The van der Waals surface area contributed by atoms with Crippen molar-refractivity contribution >= 4 is 0 Å². The molecule has 4 heteroatoms. The third-order valence-electron chi connectivity index (χ3n) is 6.14. The fourth-order valence-corrected chi connectivity index (χ4v) is 5.61. The monoisotopic (exact) mass is 275 g/mol. The number of aryl methyl sites for hydroxylation is 1. The largest absolute Gasteiger partial charge is 0.339 e. The normalized spacial score (nSPS) is 40.2. The standard InChI is InChI=1S/C16H25N3O/c1-2-14-18-16(20-19-14)13(8-17)15-11-4-9-3-10(6-11)7-12(15)5-9/h9-13,15H,2-8,17H2,1H3. The Bertz CT molecular complexity index is 456. The van der Waals surface area contributed by atoms with Gasteiger partial charge in [0.05, 0.1) is 5.92 Å². The molecule has 1 aromatic rings. The molecule has 0 aromatic carbocycles. The molecule has 4 bridgehead atoms. The van der Waals surface area contributed by atoms with Crippen LogP contribution in [0.4, 0.5) is 0 Å². The highest BCUT2D eigenvalue weighted by Crippen LogP contribution is 2.59. The first kappa shape index (κ1) is 12.8. The Morgan fingerprint density at radius 3 is 2.30 bits per heavy atom. The smallest absolute Gasteiger partial charge is 0.231 e. The predicted octanol–water partition coefficient (Wildman–Crippen LogP) is 2.75. The zero-order chi connectivity index (χ0) is 13.7. The first-order valence-corrected chi connectivity index (χ1v) is 8.31. The Labute approximate surface area is 120 Å². The van der Waals surface area contributed by atoms with Gasteiger partial charge in [0.1, 0.15) is 0 Å². The van der Waals surface area contributed by atoms with E-state index in [0.29, 0.717) is 12.5 Å². The molecule has 0 radical (unpaired) electrons. The van der Waals surface area contributed by atoms with Gasteiger partial charge >= 0.3 is 0 Å². The summed E-state index contributed by atoms with van der Waals surface area (Å²) in [7, 11) is 0. The minimum Gasteiger partial charge on any atom is -0.339 e. The lowest BCUT2D eigenvalue weighted by Crippen LogP contribution is -2.48. The van der Waals surface area contributed by atoms with Crippen LogP contribution in [0.3, 0.4) is 0 Å². The van der Waals surface area contributed by atoms with Crippen LogP contribution in [0.5, 0.6) is 0 Å². The van der Waals surface area contributed by atoms with Crippen LogP contribution >= 0.6 is 0 Å². The van der Waals surface area contributed by atoms with Crippen LogP contribution in [-0.2, 0) is 6.42 Å². The molecule has 20 heavy (non-hydrogen) atoms. The molecule has 1 heterocycles. The molecule has 2 N–H and O–H groups in total. The SMILES string of the molecule is CCc1noc(C(CN)C2C3CC4CC(C3)CC2C4)n1. The number of aromatic nitrogens is 2. The van der Waals surface area contributed by atoms with Crippen molar-refractivity contribution in [3.05, 3.63) is 11.7 Å². The summed E-state index contributed by atoms with van der Waals surface area (Å²) in [5, 5.41) is 4.07. The van der Waals surface area contributed by atoms with E-state index >= 15 is 0 Å². The van der Waals surface area contributed by atoms with E-state index in [-0.39, 0.29) is 5.92 Å². The van der Waals surface area contributed by atoms with Crippen LogP contribution in [0.2, 0.25) is 0 Å². The molecule has 0 amide bonds. The fraction of sp³-hybridized carbons (Fsp3) is 0.875. The molecule has 1 aromatic heterocycles. The van der Waals surface area contributed by atoms with Gasteiger partial charge in [0, 0.05) is 13.0 Å². The summed E-state index contributed by atoms with van der Waals surface area (Å²) in [5.41, 5.74) is 6.11. The van der Waals surface area contributed by atoms with Gasteiger partial charge in [0.2, 0.25) is 5.89 Å². The van der Waals surface area contributed by atoms with Crippen molar-refractivity contribution in [2.45, 2.75) is 51.4 Å². The zero-order valence-electron chi connectivity index (χ0n) is 12.3. The molecule has 0 aliphatic heterocycles. The third kappa shape index (κ3) is 1.92. The Kier molecular flexibility index (Phi) is 3.09. The van der Waals surface area contributed by atoms with Gasteiger partial charge in [-0.15, -0.1) is 0 Å². The zero-order valence-corrected chi connectivity index (χ0v) is 12.3. The summed E-state index contributed by atoms with van der Waals surface area (Å²) in [5.74, 6) is 6.33. The van der Waals surface area contributed by atoms with Crippen molar-refractivity contribution < 1.29 is 4.52 Å². The number of nitrogens with two attached hydrogens (primary N) is 1. The molecule has 4 aliphatic rings. The maximum atomic E-state index is 6.11. The second-order valence-corrected chi connectivity index (χ2v) is 7.25. The summed E-state index contributed by atoms with van der Waals surface area (Å²) < 4.78 is 5.52. The first-order valence-electron chi connectivity index (χ1n) is 8.31. The highest BCUT2D eigenvalue weighted by atomic mass is 16.5. The van der Waals surface area contributed by atoms with Gasteiger partial charge in [0.25, 0.3) is 0 Å². The Morgan fingerprint density at radius 2 is 1.80 bits per heavy atom. The van der Waals surface area contributed by atoms with Crippen LogP contribution in [-0.4, -0.2) is 16.7 Å². The van der Waals surface area contributed by atoms with Crippen LogP contribution in [0.25, 0.3) is 0 Å². The molecular formula is C16H25N3O. The van der Waals surface area contributed by atoms with Crippen molar-refractivity contribution in [3.63, 3.8) is 0 Å². The maximum absolute atomic E-state index is 6.11. The third-order valence-corrected chi connectivity index (χ3v) is 6.14. The molecule has 1 unspecified atom stereocenters. The molecule has 1 atom stereocenters. The second-order valence-electron chi connectivity index (χ2n) is 7.25. The first-order chi connectivity index (χ1) is 9.78. The number of rotatable bonds is 4. The second kappa shape index (κ2) is 4.83. The lowest BCUT2D eigenvalue weighted by molar-refractivity contribution is -0.0503. The lowest BCUT2D eigenvalue weighted by Gasteiger charge is -2.55. The van der Waals surface area contributed by atoms with Gasteiger partial charge in [0.15, 0.2) is 5.82 Å². The molecule has 4 aliphatic carbocycles. The molecule has 0 spiro atoms. The van der Waals surface area contributed by atoms with E-state index in [1.54, 1.807) is 0 Å². The molecule has 0 saturated heterocycles. The molecule has 5 rings (SSSR count). The average Bonchev–Trinajstić information content (AvgIpc) is 2.90. The summed E-state index contributed by atoms with van der Waals surface area (Å²) in [6.45, 7) is 2.72. The van der Waals surface area contributed by atoms with Crippen LogP contribution in [0.15, 0.2) is 4.52 Å². The Hall–Kier alpha value is -0.900. The fourth-order valence-electron chi connectivity index (χ4n) is 5.61. The highest BCUT2D eigenvalue weighted by molar-refractivity contribution is 5.07. The quantitative estimate of drug-likeness (QED) is 0.917. The van der Waals surface area contributed by atoms with Crippen molar-refractivity contribution in [1.29, 1.82) is 0 Å². The van der Waals surface area contributed by atoms with Crippen LogP contribution < -0.4 is 5.73 Å². The summed E-state index contributed by atoms with van der Waals surface area (Å²) in [4.78, 5) is 4.57. The summed E-state index contributed by atoms with van der Waals surface area (Å²) >= 11 is 0. The van der Waals surface area contributed by atoms with Gasteiger partial charge in [-0.2, -0.15) is 4.98 Å². The topological polar surface area (TPSA) is 64.9 Å². The minimum absolute atomic E-state index is 0.290. The number of hydrogen-bond acceptors (Lipinski definition) is 4. The van der Waals surface area contributed by atoms with Gasteiger partial charge in [-0.25, -0.2) is 0 Å². The van der Waals surface area contributed by atoms with Crippen molar-refractivity contribution in [1.82, 2.24) is 10.1 Å². The van der Waals surface area contributed by atoms with E-state index < -0.39 is 0 Å². The van der Waals surface area contributed by atoms with Crippen LogP contribution in [0, 0.1) is 29.6 Å². The Balaban J connectivity index is 1.61. The van der Waals surface area contributed by atoms with Crippen molar-refractivity contribution in [2.75, 3.05) is 6.54 Å². The van der Waals surface area contributed by atoms with Crippen molar-refractivity contribution in [2.24, 2.45) is 35.3 Å². The molecule has 110 valence electrons. The average molecular weight is 275 g/mol. The summed E-state index contributed by atoms with van der Waals surface area (Å²) in [6.07, 6.45) is 8.01. The van der Waals surface area contributed by atoms with E-state index in [4.69, 9.17) is 10.3 Å². The van der Waals surface area contributed by atoms with Gasteiger partial charge in [-0.1, -0.05) is 12.1 Å². The van der Waals surface area contributed by atoms with Gasteiger partial charge < -0.3 is 10.3 Å². The van der Waals surface area contributed by atoms with Crippen LogP contribution in [0.1, 0.15) is 56.7 Å². The van der Waals surface area contributed by atoms with E-state index in [1.807, 2.05) is 0 Å². The molecule has 4 fully saturated rings. The lowest BCUT2D eigenvalue weighted by atomic mass is 9.49. The summed E-state index contributed by atoms with van der Waals surface area (Å²) in [6, 6.07) is 0. The molecule has 4 nitrogen and oxygen atoms in total. The predicted molar refractivity (Wildman–Crippen MR) is 76.0 cm³/mol. The van der Waals surface area contributed by atoms with Gasteiger partial charge in [-0.3, -0.25) is 0 Å². The van der Waals surface area contributed by atoms with Gasteiger partial charge in [-0.05, 0) is 61.7 Å². The number of hydrogen-bond donors (Lipinski definition) is 1. The molecular weight excluding hydrogens is 250 g/mol. The highest BCUT2D eigenvalue weighted by Gasteiger charge is 2.51. The van der Waals surface area contributed by atoms with E-state index in [2.05, 4.69) is 17.1 Å². The number of nitrogens with zero attached hydrogens (tertiary/aromatic N) is 2. The van der Waals surface area contributed by atoms with Crippen molar-refractivity contribution in [3.8, 4) is 0 Å². The molecule has 4 saturated carbocycles. The maximum Gasteiger partial charge on any atom is 0.231 e. The Morgan fingerprint density at radius 1 is 1.15 bits per heavy atom. The van der Waals surface area contributed by atoms with E-state index in [9.17, 15) is 0 Å². The van der Waals surface area contributed by atoms with E-state index in [1.165, 1.54) is 32.1 Å². The minimum atomic E-state index is 0.290. The van der Waals surface area contributed by atoms with E-state index in [0.717, 1.165) is 41.8 Å².